The minimum absolute atomic E-state index is 0.0666. The third-order valence-electron chi connectivity index (χ3n) is 3.77. The average molecular weight is 280 g/mol. The smallest absolute Gasteiger partial charge is 0.159 e. The van der Waals surface area contributed by atoms with Crippen LogP contribution in [0.25, 0.3) is 0 Å². The van der Waals surface area contributed by atoms with E-state index >= 15 is 0 Å². The molecule has 0 aromatic rings. The van der Waals surface area contributed by atoms with Gasteiger partial charge in [0.05, 0.1) is 32.1 Å². The summed E-state index contributed by atoms with van der Waals surface area (Å²) in [5, 5.41) is 11.6. The summed E-state index contributed by atoms with van der Waals surface area (Å²) < 4.78 is 28.0. The van der Waals surface area contributed by atoms with Crippen LogP contribution in [0.3, 0.4) is 0 Å². The molecule has 0 aromatic carbocycles. The first kappa shape index (κ1) is 14.2. The Kier molecular flexibility index (Phi) is 4.97. The maximum atomic E-state index is 11.3. The summed E-state index contributed by atoms with van der Waals surface area (Å²) in [7, 11) is -3.01. The Hall–Kier alpha value is -0.210. The lowest BCUT2D eigenvalue weighted by atomic mass is 10.2. The van der Waals surface area contributed by atoms with Crippen LogP contribution in [0.15, 0.2) is 0 Å². The molecule has 4 N–H and O–H groups in total. The van der Waals surface area contributed by atoms with E-state index < -0.39 is 15.9 Å². The fourth-order valence-electron chi connectivity index (χ4n) is 2.68. The third kappa shape index (κ3) is 4.17. The molecule has 2 aliphatic rings. The molecule has 0 aromatic heterocycles. The van der Waals surface area contributed by atoms with Crippen molar-refractivity contribution in [1.82, 2.24) is 0 Å². The van der Waals surface area contributed by atoms with E-state index in [-0.39, 0.29) is 17.5 Å². The van der Waals surface area contributed by atoms with Crippen molar-refractivity contribution in [2.45, 2.75) is 18.6 Å². The van der Waals surface area contributed by atoms with Crippen molar-refractivity contribution >= 4 is 9.84 Å². The number of nitrogens with two attached hydrogens (primary N) is 1. The van der Waals surface area contributed by atoms with Crippen molar-refractivity contribution in [3.05, 3.63) is 0 Å². The molecule has 0 aliphatic carbocycles. The van der Waals surface area contributed by atoms with Gasteiger partial charge in [0, 0.05) is 6.42 Å². The van der Waals surface area contributed by atoms with E-state index in [0.717, 1.165) is 45.8 Å². The first-order valence-electron chi connectivity index (χ1n) is 6.70. The molecule has 2 saturated heterocycles. The Morgan fingerprint density at radius 1 is 1.28 bits per heavy atom. The zero-order chi connectivity index (χ0) is 13.0. The van der Waals surface area contributed by atoms with Crippen LogP contribution in [0, 0.1) is 0 Å². The van der Waals surface area contributed by atoms with Crippen LogP contribution in [-0.2, 0) is 14.6 Å². The van der Waals surface area contributed by atoms with Crippen molar-refractivity contribution in [3.8, 4) is 0 Å². The molecule has 0 amide bonds. The summed E-state index contributed by atoms with van der Waals surface area (Å²) in [6.07, 6.45) is 0.365. The predicted octanol–water partition coefficient (Wildman–Crippen LogP) is -3.99. The van der Waals surface area contributed by atoms with Gasteiger partial charge in [0.25, 0.3) is 0 Å². The Balaban J connectivity index is 1.60. The molecule has 0 saturated carbocycles. The van der Waals surface area contributed by atoms with Crippen LogP contribution in [0.4, 0.5) is 0 Å². The topological polar surface area (TPSA) is 84.7 Å². The van der Waals surface area contributed by atoms with E-state index in [1.165, 1.54) is 0 Å². The van der Waals surface area contributed by atoms with Crippen LogP contribution in [0.2, 0.25) is 0 Å². The average Bonchev–Trinajstić information content (AvgIpc) is 2.59. The molecule has 2 fully saturated rings. The lowest BCUT2D eigenvalue weighted by Crippen LogP contribution is -3.14. The highest BCUT2D eigenvalue weighted by molar-refractivity contribution is 7.91. The highest BCUT2D eigenvalue weighted by Gasteiger charge is 2.38. The lowest BCUT2D eigenvalue weighted by molar-refractivity contribution is -0.909. The standard InChI is InChI=1S/C11H22N2O4S/c14-11-9-18(15,16)8-10(11)12-2-1-3-13-4-6-17-7-5-13/h10-12,14H,1-9H2/p+2/t10-,11-/m1/s1. The molecule has 2 aliphatic heterocycles. The van der Waals surface area contributed by atoms with E-state index in [2.05, 4.69) is 0 Å². The maximum absolute atomic E-state index is 11.3. The number of sulfone groups is 1. The third-order valence-corrected chi connectivity index (χ3v) is 5.51. The van der Waals surface area contributed by atoms with Crippen LogP contribution in [-0.4, -0.2) is 76.6 Å². The van der Waals surface area contributed by atoms with Crippen LogP contribution < -0.4 is 10.2 Å². The van der Waals surface area contributed by atoms with E-state index in [1.54, 1.807) is 4.90 Å². The van der Waals surface area contributed by atoms with Crippen molar-refractivity contribution in [1.29, 1.82) is 0 Å². The number of ether oxygens (including phenoxy) is 1. The molecule has 6 nitrogen and oxygen atoms in total. The van der Waals surface area contributed by atoms with Gasteiger partial charge in [-0.2, -0.15) is 0 Å². The number of nitrogens with one attached hydrogen (secondary N) is 1. The Labute approximate surface area is 108 Å². The number of rotatable bonds is 5. The first-order valence-corrected chi connectivity index (χ1v) is 8.52. The van der Waals surface area contributed by atoms with Gasteiger partial charge in [-0.15, -0.1) is 0 Å². The minimum Gasteiger partial charge on any atom is -0.386 e. The van der Waals surface area contributed by atoms with Crippen molar-refractivity contribution in [2.75, 3.05) is 50.9 Å². The quantitative estimate of drug-likeness (QED) is 0.448. The van der Waals surface area contributed by atoms with E-state index in [9.17, 15) is 13.5 Å². The summed E-state index contributed by atoms with van der Waals surface area (Å²) in [6, 6.07) is -0.158. The zero-order valence-corrected chi connectivity index (χ0v) is 11.5. The number of quaternary nitrogens is 2. The highest BCUT2D eigenvalue weighted by atomic mass is 32.2. The molecule has 7 heteroatoms. The lowest BCUT2D eigenvalue weighted by Gasteiger charge is -2.23. The second-order valence-corrected chi connectivity index (χ2v) is 7.45. The van der Waals surface area contributed by atoms with Crippen LogP contribution in [0.5, 0.6) is 0 Å². The van der Waals surface area contributed by atoms with Crippen LogP contribution >= 0.6 is 0 Å². The van der Waals surface area contributed by atoms with Gasteiger partial charge in [-0.1, -0.05) is 0 Å². The fourth-order valence-corrected chi connectivity index (χ4v) is 4.52. The Bertz CT molecular complexity index is 354. The summed E-state index contributed by atoms with van der Waals surface area (Å²) in [5.41, 5.74) is 0. The van der Waals surface area contributed by atoms with Gasteiger partial charge in [0.2, 0.25) is 0 Å². The highest BCUT2D eigenvalue weighted by Crippen LogP contribution is 2.08. The molecule has 0 bridgehead atoms. The molecule has 18 heavy (non-hydrogen) atoms. The Morgan fingerprint density at radius 2 is 2.00 bits per heavy atom. The van der Waals surface area contributed by atoms with Gasteiger partial charge in [-0.05, 0) is 0 Å². The summed E-state index contributed by atoms with van der Waals surface area (Å²) >= 11 is 0. The normalized spacial score (nSPS) is 32.7. The van der Waals surface area contributed by atoms with Gasteiger partial charge in [0.15, 0.2) is 9.84 Å². The van der Waals surface area contributed by atoms with E-state index in [4.69, 9.17) is 4.74 Å². The molecular weight excluding hydrogens is 256 g/mol. The molecular formula is C11H24N2O4S+2. The molecule has 2 atom stereocenters. The Morgan fingerprint density at radius 3 is 2.61 bits per heavy atom. The fraction of sp³-hybridized carbons (Fsp3) is 1.00. The molecule has 2 rings (SSSR count). The summed E-state index contributed by atoms with van der Waals surface area (Å²) in [6.45, 7) is 5.83. The SMILES string of the molecule is O=S1(=O)C[C@@H](O)[C@H]([NH2+]CCC[NH+]2CCOCC2)C1. The molecule has 106 valence electrons. The predicted molar refractivity (Wildman–Crippen MR) is 66.2 cm³/mol. The van der Waals surface area contributed by atoms with Crippen LogP contribution in [0.1, 0.15) is 6.42 Å². The number of hydrogen-bond acceptors (Lipinski definition) is 4. The van der Waals surface area contributed by atoms with E-state index in [0.29, 0.717) is 0 Å². The van der Waals surface area contributed by atoms with E-state index in [1.807, 2.05) is 5.32 Å². The van der Waals surface area contributed by atoms with Crippen molar-refractivity contribution in [3.63, 3.8) is 0 Å². The van der Waals surface area contributed by atoms with Gasteiger partial charge in [0.1, 0.15) is 31.0 Å². The first-order chi connectivity index (χ1) is 8.57. The second kappa shape index (κ2) is 6.29. The number of aliphatic hydroxyl groups is 1. The molecule has 2 heterocycles. The second-order valence-electron chi connectivity index (χ2n) is 5.30. The zero-order valence-electron chi connectivity index (χ0n) is 10.7. The molecule has 0 unspecified atom stereocenters. The molecule has 0 radical (unpaired) electrons. The van der Waals surface area contributed by atoms with Crippen molar-refractivity contribution < 1.29 is 28.5 Å². The van der Waals surface area contributed by atoms with Gasteiger partial charge in [-0.3, -0.25) is 0 Å². The minimum atomic E-state index is -3.01. The monoisotopic (exact) mass is 280 g/mol. The van der Waals surface area contributed by atoms with Gasteiger partial charge >= 0.3 is 0 Å². The largest absolute Gasteiger partial charge is 0.386 e. The van der Waals surface area contributed by atoms with Gasteiger partial charge in [-0.25, -0.2) is 8.42 Å². The summed E-state index contributed by atoms with van der Waals surface area (Å²) in [4.78, 5) is 1.56. The summed E-state index contributed by atoms with van der Waals surface area (Å²) in [5.74, 6) is 0.0570. The maximum Gasteiger partial charge on any atom is 0.159 e. The van der Waals surface area contributed by atoms with Crippen molar-refractivity contribution in [2.24, 2.45) is 0 Å². The number of aliphatic hydroxyl groups excluding tert-OH is 1. The number of hydrogen-bond donors (Lipinski definition) is 3. The van der Waals surface area contributed by atoms with Gasteiger partial charge < -0.3 is 20.1 Å². The molecule has 0 spiro atoms. The number of morpholine rings is 1.